The zero-order valence-corrected chi connectivity index (χ0v) is 13.1. The Hall–Kier alpha value is -1.58. The summed E-state index contributed by atoms with van der Waals surface area (Å²) in [4.78, 5) is 0. The van der Waals surface area contributed by atoms with Gasteiger partial charge in [0.05, 0.1) is 5.52 Å². The molecule has 1 aromatic heterocycles. The summed E-state index contributed by atoms with van der Waals surface area (Å²) in [5.74, 6) is -0.752. The van der Waals surface area contributed by atoms with E-state index in [1.165, 1.54) is 11.8 Å². The SMILES string of the molecule is CO[C@@H]1O[C@H]([C@H](O)n2nnc3ccccc32)[C@H]2OC(C)(C)O[C@@H]12. The molecular weight excluding hydrogens is 302 g/mol. The Bertz CT molecular complexity index is 718. The largest absolute Gasteiger partial charge is 0.369 e. The van der Waals surface area contributed by atoms with Crippen molar-refractivity contribution in [2.24, 2.45) is 0 Å². The van der Waals surface area contributed by atoms with Gasteiger partial charge in [-0.3, -0.25) is 0 Å². The predicted octanol–water partition coefficient (Wildman–Crippen LogP) is 0.814. The summed E-state index contributed by atoms with van der Waals surface area (Å²) in [5.41, 5.74) is 1.42. The smallest absolute Gasteiger partial charge is 0.186 e. The number of hydrogen-bond donors (Lipinski definition) is 1. The highest BCUT2D eigenvalue weighted by Crippen LogP contribution is 2.41. The molecule has 2 aliphatic rings. The van der Waals surface area contributed by atoms with E-state index in [0.717, 1.165) is 5.52 Å². The van der Waals surface area contributed by atoms with E-state index in [1.54, 1.807) is 0 Å². The highest BCUT2D eigenvalue weighted by Gasteiger charge is 2.58. The molecule has 1 N–H and O–H groups in total. The standard InChI is InChI=1S/C15H19N3O5/c1-15(2)22-10-11(21-14(20-3)12(10)23-15)13(19)18-9-7-5-4-6-8(9)16-17-18/h4-7,10-14,19H,1-3H3/t10-,11+,12-,13+,14-/m1/s1. The van der Waals surface area contributed by atoms with Crippen LogP contribution in [0.2, 0.25) is 0 Å². The molecule has 3 heterocycles. The maximum Gasteiger partial charge on any atom is 0.186 e. The van der Waals surface area contributed by atoms with Gasteiger partial charge in [-0.25, -0.2) is 4.68 Å². The van der Waals surface area contributed by atoms with E-state index < -0.39 is 36.6 Å². The molecule has 0 radical (unpaired) electrons. The third kappa shape index (κ3) is 2.34. The zero-order chi connectivity index (χ0) is 16.2. The minimum Gasteiger partial charge on any atom is -0.369 e. The fraction of sp³-hybridized carbons (Fsp3) is 0.600. The first-order valence-corrected chi connectivity index (χ1v) is 7.52. The first-order valence-electron chi connectivity index (χ1n) is 7.52. The molecular formula is C15H19N3O5. The third-order valence-electron chi connectivity index (χ3n) is 4.20. The maximum absolute atomic E-state index is 10.8. The van der Waals surface area contributed by atoms with Gasteiger partial charge in [-0.1, -0.05) is 17.3 Å². The van der Waals surface area contributed by atoms with E-state index in [2.05, 4.69) is 10.3 Å². The number of aliphatic hydroxyl groups excluding tert-OH is 1. The lowest BCUT2D eigenvalue weighted by atomic mass is 10.1. The molecule has 5 atom stereocenters. The molecule has 0 amide bonds. The van der Waals surface area contributed by atoms with Crippen LogP contribution in [0.3, 0.4) is 0 Å². The summed E-state index contributed by atoms with van der Waals surface area (Å²) >= 11 is 0. The van der Waals surface area contributed by atoms with E-state index in [4.69, 9.17) is 18.9 Å². The van der Waals surface area contributed by atoms with Crippen LogP contribution in [0.15, 0.2) is 24.3 Å². The summed E-state index contributed by atoms with van der Waals surface area (Å²) in [6, 6.07) is 7.41. The quantitative estimate of drug-likeness (QED) is 0.895. The van der Waals surface area contributed by atoms with Crippen molar-refractivity contribution < 1.29 is 24.1 Å². The molecule has 0 spiro atoms. The van der Waals surface area contributed by atoms with Gasteiger partial charge in [0.25, 0.3) is 0 Å². The number of benzene rings is 1. The number of aromatic nitrogens is 3. The van der Waals surface area contributed by atoms with Gasteiger partial charge in [0, 0.05) is 7.11 Å². The second-order valence-electron chi connectivity index (χ2n) is 6.21. The van der Waals surface area contributed by atoms with Gasteiger partial charge in [0.15, 0.2) is 18.3 Å². The second-order valence-corrected chi connectivity index (χ2v) is 6.21. The molecule has 2 fully saturated rings. The van der Waals surface area contributed by atoms with Crippen molar-refractivity contribution in [3.8, 4) is 0 Å². The van der Waals surface area contributed by atoms with Crippen molar-refractivity contribution in [2.45, 2.75) is 50.5 Å². The number of aliphatic hydroxyl groups is 1. The van der Waals surface area contributed by atoms with Crippen LogP contribution in [-0.4, -0.2) is 57.6 Å². The molecule has 8 heteroatoms. The summed E-state index contributed by atoms with van der Waals surface area (Å²) < 4.78 is 24.3. The molecule has 23 heavy (non-hydrogen) atoms. The maximum atomic E-state index is 10.8. The number of ether oxygens (including phenoxy) is 4. The van der Waals surface area contributed by atoms with Crippen molar-refractivity contribution in [3.05, 3.63) is 24.3 Å². The molecule has 4 rings (SSSR count). The molecule has 124 valence electrons. The van der Waals surface area contributed by atoms with Crippen LogP contribution < -0.4 is 0 Å². The van der Waals surface area contributed by atoms with Crippen LogP contribution in [-0.2, 0) is 18.9 Å². The Morgan fingerprint density at radius 2 is 2.00 bits per heavy atom. The van der Waals surface area contributed by atoms with Crippen LogP contribution in [0.5, 0.6) is 0 Å². The Labute approximate surface area is 132 Å². The van der Waals surface area contributed by atoms with E-state index in [1.807, 2.05) is 38.1 Å². The van der Waals surface area contributed by atoms with Crippen LogP contribution >= 0.6 is 0 Å². The first kappa shape index (κ1) is 15.0. The van der Waals surface area contributed by atoms with Crippen LogP contribution in [0.1, 0.15) is 20.1 Å². The highest BCUT2D eigenvalue weighted by atomic mass is 16.8. The normalized spacial score (nSPS) is 33.9. The Morgan fingerprint density at radius 3 is 2.78 bits per heavy atom. The van der Waals surface area contributed by atoms with Crippen molar-refractivity contribution in [3.63, 3.8) is 0 Å². The summed E-state index contributed by atoms with van der Waals surface area (Å²) in [5, 5.41) is 18.9. The van der Waals surface area contributed by atoms with Crippen molar-refractivity contribution >= 4 is 11.0 Å². The number of fused-ring (bicyclic) bond motifs is 2. The van der Waals surface area contributed by atoms with Gasteiger partial charge >= 0.3 is 0 Å². The van der Waals surface area contributed by atoms with Crippen molar-refractivity contribution in [2.75, 3.05) is 7.11 Å². The molecule has 2 saturated heterocycles. The molecule has 0 bridgehead atoms. The molecule has 2 aromatic rings. The Kier molecular flexibility index (Phi) is 3.40. The molecule has 0 aliphatic carbocycles. The minimum atomic E-state index is -1.06. The van der Waals surface area contributed by atoms with Crippen molar-refractivity contribution in [1.82, 2.24) is 15.0 Å². The van der Waals surface area contributed by atoms with Gasteiger partial charge in [-0.05, 0) is 26.0 Å². The van der Waals surface area contributed by atoms with Gasteiger partial charge in [-0.15, -0.1) is 5.10 Å². The molecule has 1 aromatic carbocycles. The van der Waals surface area contributed by atoms with E-state index in [-0.39, 0.29) is 0 Å². The second kappa shape index (κ2) is 5.22. The highest BCUT2D eigenvalue weighted by molar-refractivity contribution is 5.73. The lowest BCUT2D eigenvalue weighted by molar-refractivity contribution is -0.243. The Morgan fingerprint density at radius 1 is 1.26 bits per heavy atom. The third-order valence-corrected chi connectivity index (χ3v) is 4.20. The van der Waals surface area contributed by atoms with E-state index in [9.17, 15) is 5.11 Å². The molecule has 2 aliphatic heterocycles. The van der Waals surface area contributed by atoms with Gasteiger partial charge < -0.3 is 24.1 Å². The number of hydrogen-bond acceptors (Lipinski definition) is 7. The average molecular weight is 321 g/mol. The fourth-order valence-corrected chi connectivity index (χ4v) is 3.24. The predicted molar refractivity (Wildman–Crippen MR) is 78.3 cm³/mol. The molecule has 0 saturated carbocycles. The zero-order valence-electron chi connectivity index (χ0n) is 13.1. The molecule has 8 nitrogen and oxygen atoms in total. The van der Waals surface area contributed by atoms with E-state index >= 15 is 0 Å². The lowest BCUT2D eigenvalue weighted by Crippen LogP contribution is -2.37. The van der Waals surface area contributed by atoms with Gasteiger partial charge in [0.1, 0.15) is 23.8 Å². The first-order chi connectivity index (χ1) is 11.0. The summed E-state index contributed by atoms with van der Waals surface area (Å²) in [6.07, 6.45) is -3.18. The summed E-state index contributed by atoms with van der Waals surface area (Å²) in [7, 11) is 1.54. The number of rotatable bonds is 3. The van der Waals surface area contributed by atoms with Crippen LogP contribution in [0, 0.1) is 0 Å². The van der Waals surface area contributed by atoms with Crippen LogP contribution in [0.4, 0.5) is 0 Å². The number of para-hydroxylation sites is 1. The van der Waals surface area contributed by atoms with Crippen LogP contribution in [0.25, 0.3) is 11.0 Å². The Balaban J connectivity index is 1.67. The monoisotopic (exact) mass is 321 g/mol. The topological polar surface area (TPSA) is 87.9 Å². The number of methoxy groups -OCH3 is 1. The number of nitrogens with zero attached hydrogens (tertiary/aromatic N) is 3. The average Bonchev–Trinajstić information content (AvgIpc) is 3.16. The molecule has 0 unspecified atom stereocenters. The van der Waals surface area contributed by atoms with Gasteiger partial charge in [0.2, 0.25) is 0 Å². The van der Waals surface area contributed by atoms with Crippen molar-refractivity contribution in [1.29, 1.82) is 0 Å². The lowest BCUT2D eigenvalue weighted by Gasteiger charge is -2.26. The van der Waals surface area contributed by atoms with Gasteiger partial charge in [-0.2, -0.15) is 0 Å². The summed E-state index contributed by atoms with van der Waals surface area (Å²) in [6.45, 7) is 3.65. The minimum absolute atomic E-state index is 0.399. The van der Waals surface area contributed by atoms with E-state index in [0.29, 0.717) is 5.52 Å². The fourth-order valence-electron chi connectivity index (χ4n) is 3.24.